The number of rotatable bonds is 9. The highest BCUT2D eigenvalue weighted by atomic mass is 19.4. The molecule has 0 heterocycles. The maximum Gasteiger partial charge on any atom is 0.416 e. The average Bonchev–Trinajstić information content (AvgIpc) is 2.60. The van der Waals surface area contributed by atoms with Crippen LogP contribution in [0.1, 0.15) is 25.8 Å². The third kappa shape index (κ3) is 7.15. The van der Waals surface area contributed by atoms with Crippen LogP contribution < -0.4 is 10.6 Å². The summed E-state index contributed by atoms with van der Waals surface area (Å²) in [7, 11) is 0. The largest absolute Gasteiger partial charge is 0.416 e. The monoisotopic (exact) mass is 368 g/mol. The first-order valence-electron chi connectivity index (χ1n) is 8.36. The SMILES string of the molecule is CCN(CC)CCCN/C=C(/C#N)C(=O)Nc1cccc(C(F)(F)F)c1. The first-order valence-corrected chi connectivity index (χ1v) is 8.36. The molecule has 0 aliphatic rings. The lowest BCUT2D eigenvalue weighted by Crippen LogP contribution is -2.26. The molecule has 1 aromatic rings. The molecule has 0 saturated heterocycles. The number of carbonyl (C=O) groups excluding carboxylic acids is 1. The molecular weight excluding hydrogens is 345 g/mol. The number of halogens is 3. The van der Waals surface area contributed by atoms with Crippen molar-refractivity contribution < 1.29 is 18.0 Å². The molecule has 1 amide bonds. The van der Waals surface area contributed by atoms with Gasteiger partial charge in [-0.2, -0.15) is 18.4 Å². The molecule has 5 nitrogen and oxygen atoms in total. The molecule has 1 aromatic carbocycles. The molecule has 0 fully saturated rings. The van der Waals surface area contributed by atoms with Crippen molar-refractivity contribution in [3.63, 3.8) is 0 Å². The van der Waals surface area contributed by atoms with Crippen LogP contribution in [0.2, 0.25) is 0 Å². The molecule has 1 rings (SSSR count). The Labute approximate surface area is 151 Å². The normalized spacial score (nSPS) is 12.0. The molecule has 0 spiro atoms. The van der Waals surface area contributed by atoms with E-state index in [1.54, 1.807) is 6.07 Å². The fourth-order valence-electron chi connectivity index (χ4n) is 2.24. The van der Waals surface area contributed by atoms with Gasteiger partial charge in [0, 0.05) is 18.4 Å². The molecule has 0 radical (unpaired) electrons. The van der Waals surface area contributed by atoms with Crippen molar-refractivity contribution in [3.8, 4) is 6.07 Å². The van der Waals surface area contributed by atoms with Crippen LogP contribution in [0.5, 0.6) is 0 Å². The summed E-state index contributed by atoms with van der Waals surface area (Å²) < 4.78 is 38.1. The first-order chi connectivity index (χ1) is 12.3. The fourth-order valence-corrected chi connectivity index (χ4v) is 2.24. The van der Waals surface area contributed by atoms with Gasteiger partial charge >= 0.3 is 6.18 Å². The maximum atomic E-state index is 12.7. The topological polar surface area (TPSA) is 68.2 Å². The second kappa shape index (κ2) is 10.5. The van der Waals surface area contributed by atoms with E-state index in [0.29, 0.717) is 6.54 Å². The van der Waals surface area contributed by atoms with Crippen molar-refractivity contribution in [3.05, 3.63) is 41.6 Å². The van der Waals surface area contributed by atoms with Crippen LogP contribution in [-0.2, 0) is 11.0 Å². The van der Waals surface area contributed by atoms with E-state index in [4.69, 9.17) is 5.26 Å². The highest BCUT2D eigenvalue weighted by Crippen LogP contribution is 2.30. The third-order valence-electron chi connectivity index (χ3n) is 3.75. The van der Waals surface area contributed by atoms with Gasteiger partial charge in [0.25, 0.3) is 5.91 Å². The quantitative estimate of drug-likeness (QED) is 0.398. The zero-order valence-corrected chi connectivity index (χ0v) is 14.9. The van der Waals surface area contributed by atoms with Crippen LogP contribution in [-0.4, -0.2) is 37.0 Å². The molecule has 2 N–H and O–H groups in total. The Morgan fingerprint density at radius 1 is 1.31 bits per heavy atom. The van der Waals surface area contributed by atoms with Crippen molar-refractivity contribution in [1.82, 2.24) is 10.2 Å². The van der Waals surface area contributed by atoms with Crippen molar-refractivity contribution in [1.29, 1.82) is 5.26 Å². The minimum absolute atomic E-state index is 0.0208. The Bertz CT molecular complexity index is 661. The van der Waals surface area contributed by atoms with Gasteiger partial charge in [-0.15, -0.1) is 0 Å². The van der Waals surface area contributed by atoms with Crippen molar-refractivity contribution in [2.75, 3.05) is 31.5 Å². The van der Waals surface area contributed by atoms with Crippen molar-refractivity contribution >= 4 is 11.6 Å². The van der Waals surface area contributed by atoms with E-state index in [-0.39, 0.29) is 11.3 Å². The Kier molecular flexibility index (Phi) is 8.65. The van der Waals surface area contributed by atoms with E-state index in [1.165, 1.54) is 18.3 Å². The second-order valence-corrected chi connectivity index (χ2v) is 5.54. The van der Waals surface area contributed by atoms with E-state index in [1.807, 2.05) is 0 Å². The van der Waals surface area contributed by atoms with E-state index < -0.39 is 17.6 Å². The number of carbonyl (C=O) groups is 1. The molecule has 0 aliphatic heterocycles. The molecule has 0 unspecified atom stereocenters. The van der Waals surface area contributed by atoms with Crippen LogP contribution in [0.15, 0.2) is 36.0 Å². The Morgan fingerprint density at radius 3 is 2.58 bits per heavy atom. The summed E-state index contributed by atoms with van der Waals surface area (Å²) in [6, 6.07) is 6.00. The van der Waals surface area contributed by atoms with Crippen molar-refractivity contribution in [2.24, 2.45) is 0 Å². The highest BCUT2D eigenvalue weighted by molar-refractivity contribution is 6.06. The fraction of sp³-hybridized carbons (Fsp3) is 0.444. The summed E-state index contributed by atoms with van der Waals surface area (Å²) in [6.45, 7) is 7.53. The summed E-state index contributed by atoms with van der Waals surface area (Å²) in [4.78, 5) is 14.3. The summed E-state index contributed by atoms with van der Waals surface area (Å²) >= 11 is 0. The number of amides is 1. The van der Waals surface area contributed by atoms with Gasteiger partial charge in [-0.05, 0) is 44.3 Å². The predicted octanol–water partition coefficient (Wildman–Crippen LogP) is 3.37. The second-order valence-electron chi connectivity index (χ2n) is 5.54. The van der Waals surface area contributed by atoms with Gasteiger partial charge in [0.15, 0.2) is 0 Å². The Hall–Kier alpha value is -2.53. The first kappa shape index (κ1) is 21.5. The minimum Gasteiger partial charge on any atom is -0.390 e. The lowest BCUT2D eigenvalue weighted by Gasteiger charge is -2.17. The summed E-state index contributed by atoms with van der Waals surface area (Å²) in [6.07, 6.45) is -2.38. The van der Waals surface area contributed by atoms with Crippen LogP contribution in [0.4, 0.5) is 18.9 Å². The molecule has 0 bridgehead atoms. The zero-order valence-electron chi connectivity index (χ0n) is 14.9. The molecule has 0 atom stereocenters. The molecule has 8 heteroatoms. The summed E-state index contributed by atoms with van der Waals surface area (Å²) in [5, 5.41) is 14.3. The number of anilines is 1. The van der Waals surface area contributed by atoms with Gasteiger partial charge in [0.1, 0.15) is 11.6 Å². The number of nitriles is 1. The molecular formula is C18H23F3N4O. The van der Waals surface area contributed by atoms with Gasteiger partial charge in [0.2, 0.25) is 0 Å². The molecule has 142 valence electrons. The maximum absolute atomic E-state index is 12.7. The molecule has 0 aromatic heterocycles. The summed E-state index contributed by atoms with van der Waals surface area (Å²) in [5.41, 5.74) is -1.09. The van der Waals surface area contributed by atoms with Crippen molar-refractivity contribution in [2.45, 2.75) is 26.4 Å². The zero-order chi connectivity index (χ0) is 19.6. The predicted molar refractivity (Wildman–Crippen MR) is 94.2 cm³/mol. The molecule has 0 aliphatic carbocycles. The van der Waals surface area contributed by atoms with Gasteiger partial charge in [-0.25, -0.2) is 0 Å². The number of benzene rings is 1. The number of alkyl halides is 3. The smallest absolute Gasteiger partial charge is 0.390 e. The number of nitrogens with zero attached hydrogens (tertiary/aromatic N) is 2. The lowest BCUT2D eigenvalue weighted by atomic mass is 10.2. The van der Waals surface area contributed by atoms with Gasteiger partial charge in [0.05, 0.1) is 5.56 Å². The minimum atomic E-state index is -4.50. The van der Waals surface area contributed by atoms with Crippen LogP contribution in [0.3, 0.4) is 0 Å². The molecule has 0 saturated carbocycles. The van der Waals surface area contributed by atoms with Crippen LogP contribution >= 0.6 is 0 Å². The van der Waals surface area contributed by atoms with E-state index >= 15 is 0 Å². The number of nitrogens with one attached hydrogen (secondary N) is 2. The summed E-state index contributed by atoms with van der Waals surface area (Å²) in [5.74, 6) is -0.761. The number of hydrogen-bond donors (Lipinski definition) is 2. The lowest BCUT2D eigenvalue weighted by molar-refractivity contribution is -0.137. The van der Waals surface area contributed by atoms with E-state index in [9.17, 15) is 18.0 Å². The van der Waals surface area contributed by atoms with E-state index in [2.05, 4.69) is 29.4 Å². The average molecular weight is 368 g/mol. The van der Waals surface area contributed by atoms with Gasteiger partial charge < -0.3 is 15.5 Å². The van der Waals surface area contributed by atoms with E-state index in [0.717, 1.165) is 38.2 Å². The van der Waals surface area contributed by atoms with Gasteiger partial charge in [-0.1, -0.05) is 19.9 Å². The third-order valence-corrected chi connectivity index (χ3v) is 3.75. The van der Waals surface area contributed by atoms with Crippen LogP contribution in [0, 0.1) is 11.3 Å². The highest BCUT2D eigenvalue weighted by Gasteiger charge is 2.30. The van der Waals surface area contributed by atoms with Gasteiger partial charge in [-0.3, -0.25) is 4.79 Å². The number of hydrogen-bond acceptors (Lipinski definition) is 4. The van der Waals surface area contributed by atoms with Crippen LogP contribution in [0.25, 0.3) is 0 Å². The Balaban J connectivity index is 2.60. The standard InChI is InChI=1S/C18H23F3N4O/c1-3-25(4-2)10-6-9-23-13-14(12-22)17(26)24-16-8-5-7-15(11-16)18(19,20)21/h5,7-8,11,13,23H,3-4,6,9-10H2,1-2H3,(H,24,26)/b14-13-. The Morgan fingerprint density at radius 2 is 2.00 bits per heavy atom. The molecule has 26 heavy (non-hydrogen) atoms.